The molecule has 0 aromatic carbocycles. The Hall–Kier alpha value is -0.120. The van der Waals surface area contributed by atoms with E-state index in [1.165, 1.54) is 0 Å². The van der Waals surface area contributed by atoms with E-state index in [9.17, 15) is 0 Å². The first-order chi connectivity index (χ1) is 5.33. The van der Waals surface area contributed by atoms with Gasteiger partial charge in [0.1, 0.15) is 0 Å². The monoisotopic (exact) mass is 166 g/mol. The average Bonchev–Trinajstić information content (AvgIpc) is 2.06. The Bertz CT molecular complexity index is 28.5. The van der Waals surface area contributed by atoms with Crippen LogP contribution in [0.4, 0.5) is 0 Å². The molecule has 0 aromatic heterocycles. The number of unbranched alkanes of at least 4 members (excludes halogenated alkanes) is 1. The van der Waals surface area contributed by atoms with Crippen molar-refractivity contribution >= 4 is 0 Å². The summed E-state index contributed by atoms with van der Waals surface area (Å²) in [5.41, 5.74) is 0. The Morgan fingerprint density at radius 3 is 1.09 bits per heavy atom. The van der Waals surface area contributed by atoms with Crippen molar-refractivity contribution in [1.29, 1.82) is 0 Å². The third-order valence-electron chi connectivity index (χ3n) is 0.566. The van der Waals surface area contributed by atoms with Crippen molar-refractivity contribution in [2.75, 3.05) is 19.8 Å². The second kappa shape index (κ2) is 32.7. The van der Waals surface area contributed by atoms with Crippen LogP contribution < -0.4 is 0 Å². The first-order valence-corrected chi connectivity index (χ1v) is 4.16. The van der Waals surface area contributed by atoms with Crippen molar-refractivity contribution in [3.8, 4) is 0 Å². The number of aliphatic hydroxyl groups excluding tert-OH is 3. The predicted molar refractivity (Wildman–Crippen MR) is 47.5 cm³/mol. The van der Waals surface area contributed by atoms with Gasteiger partial charge in [0.15, 0.2) is 0 Å². The molecule has 0 saturated heterocycles. The van der Waals surface area contributed by atoms with Crippen LogP contribution in [0.5, 0.6) is 0 Å². The van der Waals surface area contributed by atoms with Gasteiger partial charge >= 0.3 is 0 Å². The normalized spacial score (nSPS) is 7.09. The van der Waals surface area contributed by atoms with Gasteiger partial charge in [-0.2, -0.15) is 0 Å². The summed E-state index contributed by atoms with van der Waals surface area (Å²) < 4.78 is 0. The van der Waals surface area contributed by atoms with Crippen molar-refractivity contribution in [3.05, 3.63) is 0 Å². The van der Waals surface area contributed by atoms with E-state index in [2.05, 4.69) is 0 Å². The lowest BCUT2D eigenvalue weighted by atomic mass is 10.3. The van der Waals surface area contributed by atoms with Crippen molar-refractivity contribution in [3.63, 3.8) is 0 Å². The van der Waals surface area contributed by atoms with Gasteiger partial charge in [-0.15, -0.1) is 0 Å². The Labute approximate surface area is 69.7 Å². The first-order valence-electron chi connectivity index (χ1n) is 4.16. The quantitative estimate of drug-likeness (QED) is 0.543. The van der Waals surface area contributed by atoms with Gasteiger partial charge in [-0.05, 0) is 19.8 Å². The van der Waals surface area contributed by atoms with Gasteiger partial charge in [-0.3, -0.25) is 0 Å². The van der Waals surface area contributed by atoms with Gasteiger partial charge in [0.05, 0.1) is 0 Å². The molecule has 0 rings (SSSR count). The fourth-order valence-electron chi connectivity index (χ4n) is 0.224. The van der Waals surface area contributed by atoms with Gasteiger partial charge < -0.3 is 15.3 Å². The number of rotatable bonds is 3. The van der Waals surface area contributed by atoms with Crippen LogP contribution in [0.2, 0.25) is 0 Å². The van der Waals surface area contributed by atoms with Crippen molar-refractivity contribution in [2.24, 2.45) is 0 Å². The molecule has 0 aliphatic carbocycles. The Morgan fingerprint density at radius 1 is 0.818 bits per heavy atom. The van der Waals surface area contributed by atoms with Crippen LogP contribution in [0.1, 0.15) is 33.6 Å². The summed E-state index contributed by atoms with van der Waals surface area (Å²) in [5, 5.41) is 23.7. The van der Waals surface area contributed by atoms with Gasteiger partial charge in [-0.25, -0.2) is 0 Å². The molecule has 11 heavy (non-hydrogen) atoms. The largest absolute Gasteiger partial charge is 0.397 e. The highest BCUT2D eigenvalue weighted by Crippen LogP contribution is 1.80. The smallest absolute Gasteiger partial charge is 0.0431 e. The summed E-state index contributed by atoms with van der Waals surface area (Å²) in [6.45, 7) is 6.32. The van der Waals surface area contributed by atoms with Gasteiger partial charge in [0.25, 0.3) is 0 Å². The zero-order chi connectivity index (χ0) is 9.54. The molecule has 0 radical (unpaired) electrons. The van der Waals surface area contributed by atoms with E-state index in [-0.39, 0.29) is 19.8 Å². The maximum absolute atomic E-state index is 8.09. The molecule has 0 amide bonds. The van der Waals surface area contributed by atoms with E-state index < -0.39 is 0 Å². The lowest BCUT2D eigenvalue weighted by Crippen LogP contribution is -1.85. The van der Waals surface area contributed by atoms with Gasteiger partial charge in [0, 0.05) is 19.8 Å². The second-order valence-corrected chi connectivity index (χ2v) is 1.47. The highest BCUT2D eigenvalue weighted by atomic mass is 16.3. The second-order valence-electron chi connectivity index (χ2n) is 1.47. The average molecular weight is 166 g/mol. The fourth-order valence-corrected chi connectivity index (χ4v) is 0.224. The van der Waals surface area contributed by atoms with Crippen LogP contribution in [0.3, 0.4) is 0 Å². The molecule has 0 aromatic rings. The standard InChI is InChI=1S/C4H10O2.C2H6O.C2H6/c5-3-1-2-4-6;1-2-3;1-2/h5-6H,1-4H2;3H,2H2,1H3;1-2H3. The SMILES string of the molecule is CC.CCO.OCCCCO. The van der Waals surface area contributed by atoms with Crippen LogP contribution in [-0.2, 0) is 0 Å². The van der Waals surface area contributed by atoms with E-state index in [0.29, 0.717) is 0 Å². The lowest BCUT2D eigenvalue weighted by molar-refractivity contribution is 0.242. The summed E-state index contributed by atoms with van der Waals surface area (Å²) in [6, 6.07) is 0. The maximum Gasteiger partial charge on any atom is 0.0431 e. The third kappa shape index (κ3) is 74.0. The molecule has 0 spiro atoms. The van der Waals surface area contributed by atoms with E-state index in [1.54, 1.807) is 6.92 Å². The molecular weight excluding hydrogens is 144 g/mol. The highest BCUT2D eigenvalue weighted by molar-refractivity contribution is 4.30. The van der Waals surface area contributed by atoms with Crippen LogP contribution in [0, 0.1) is 0 Å². The fraction of sp³-hybridized carbons (Fsp3) is 1.00. The van der Waals surface area contributed by atoms with Crippen molar-refractivity contribution < 1.29 is 15.3 Å². The summed E-state index contributed by atoms with van der Waals surface area (Å²) in [6.07, 6.45) is 1.44. The first kappa shape index (κ1) is 17.1. The maximum atomic E-state index is 8.09. The molecule has 72 valence electrons. The Morgan fingerprint density at radius 2 is 1.00 bits per heavy atom. The molecule has 0 atom stereocenters. The number of hydrogen-bond acceptors (Lipinski definition) is 3. The Kier molecular flexibility index (Phi) is 50.9. The van der Waals surface area contributed by atoms with Crippen LogP contribution in [0.25, 0.3) is 0 Å². The number of hydrogen-bond donors (Lipinski definition) is 3. The van der Waals surface area contributed by atoms with Crippen LogP contribution in [-0.4, -0.2) is 35.1 Å². The van der Waals surface area contributed by atoms with Crippen molar-refractivity contribution in [1.82, 2.24) is 0 Å². The van der Waals surface area contributed by atoms with E-state index in [0.717, 1.165) is 12.8 Å². The molecule has 0 fully saturated rings. The lowest BCUT2D eigenvalue weighted by Gasteiger charge is -1.85. The van der Waals surface area contributed by atoms with E-state index in [4.69, 9.17) is 15.3 Å². The highest BCUT2D eigenvalue weighted by Gasteiger charge is 1.77. The molecule has 0 saturated carbocycles. The van der Waals surface area contributed by atoms with E-state index in [1.807, 2.05) is 13.8 Å². The van der Waals surface area contributed by atoms with E-state index >= 15 is 0 Å². The molecule has 0 bridgehead atoms. The molecule has 0 heterocycles. The van der Waals surface area contributed by atoms with Crippen LogP contribution in [0.15, 0.2) is 0 Å². The summed E-state index contributed by atoms with van der Waals surface area (Å²) >= 11 is 0. The summed E-state index contributed by atoms with van der Waals surface area (Å²) in [5.74, 6) is 0. The summed E-state index contributed by atoms with van der Waals surface area (Å²) in [4.78, 5) is 0. The van der Waals surface area contributed by atoms with Crippen molar-refractivity contribution in [2.45, 2.75) is 33.6 Å². The Balaban J connectivity index is -0.000000109. The predicted octanol–water partition coefficient (Wildman–Crippen LogP) is 0.776. The molecule has 3 N–H and O–H groups in total. The van der Waals surface area contributed by atoms with Gasteiger partial charge in [0.2, 0.25) is 0 Å². The third-order valence-corrected chi connectivity index (χ3v) is 0.566. The van der Waals surface area contributed by atoms with Crippen LogP contribution >= 0.6 is 0 Å². The minimum Gasteiger partial charge on any atom is -0.397 e. The zero-order valence-corrected chi connectivity index (χ0v) is 7.88. The molecule has 3 heteroatoms. The molecule has 3 nitrogen and oxygen atoms in total. The summed E-state index contributed by atoms with van der Waals surface area (Å²) in [7, 11) is 0. The zero-order valence-electron chi connectivity index (χ0n) is 7.88. The topological polar surface area (TPSA) is 60.7 Å². The number of aliphatic hydroxyl groups is 3. The minimum atomic E-state index is 0.195. The molecule has 0 aliphatic heterocycles. The van der Waals surface area contributed by atoms with Gasteiger partial charge in [-0.1, -0.05) is 13.8 Å². The molecule has 0 aliphatic rings. The minimum absolute atomic E-state index is 0.195. The molecule has 0 unspecified atom stereocenters. The molecular formula is C8H22O3.